The molecule has 8 heteroatoms. The van der Waals surface area contributed by atoms with E-state index in [0.29, 0.717) is 17.1 Å². The number of ether oxygens (including phenoxy) is 1. The van der Waals surface area contributed by atoms with Crippen LogP contribution in [-0.2, 0) is 16.1 Å². The first-order valence-electron chi connectivity index (χ1n) is 7.34. The Bertz CT molecular complexity index is 950. The van der Waals surface area contributed by atoms with E-state index in [4.69, 9.17) is 4.74 Å². The number of fused-ring (bicyclic) bond motifs is 2. The molecule has 2 aromatic carbocycles. The van der Waals surface area contributed by atoms with Crippen LogP contribution in [-0.4, -0.2) is 33.4 Å². The fourth-order valence-electron chi connectivity index (χ4n) is 2.53. The van der Waals surface area contributed by atoms with Gasteiger partial charge in [0.2, 0.25) is 5.91 Å². The van der Waals surface area contributed by atoms with Crippen molar-refractivity contribution in [1.82, 2.24) is 15.0 Å². The van der Waals surface area contributed by atoms with Crippen LogP contribution in [0.3, 0.4) is 0 Å². The summed E-state index contributed by atoms with van der Waals surface area (Å²) < 4.78 is 6.82. The van der Waals surface area contributed by atoms with Crippen LogP contribution in [0.15, 0.2) is 42.5 Å². The van der Waals surface area contributed by atoms with Crippen molar-refractivity contribution >= 4 is 34.2 Å². The highest BCUT2D eigenvalue weighted by Gasteiger charge is 2.16. The molecule has 0 saturated heterocycles. The van der Waals surface area contributed by atoms with Crippen molar-refractivity contribution in [1.29, 1.82) is 0 Å². The lowest BCUT2D eigenvalue weighted by Crippen LogP contribution is -2.25. The molecular formula is C16H13N5O3. The summed E-state index contributed by atoms with van der Waals surface area (Å²) in [5.41, 5.74) is 2.63. The Morgan fingerprint density at radius 2 is 2.17 bits per heavy atom. The largest absolute Gasteiger partial charge is 0.482 e. The standard InChI is InChI=1S/C16H13N5O3/c22-15(8-21-13-4-2-1-3-11(13)19-20-21)17-10-5-6-14-12(7-10)18-16(23)9-24-14/h1-7H,8-9H2,(H,17,22)(H,18,23). The van der Waals surface area contributed by atoms with Gasteiger partial charge < -0.3 is 15.4 Å². The van der Waals surface area contributed by atoms with Crippen LogP contribution < -0.4 is 15.4 Å². The summed E-state index contributed by atoms with van der Waals surface area (Å²) in [5, 5.41) is 13.5. The van der Waals surface area contributed by atoms with Crippen molar-refractivity contribution < 1.29 is 14.3 Å². The average Bonchev–Trinajstić information content (AvgIpc) is 2.97. The van der Waals surface area contributed by atoms with E-state index in [2.05, 4.69) is 20.9 Å². The lowest BCUT2D eigenvalue weighted by atomic mass is 10.2. The van der Waals surface area contributed by atoms with E-state index in [0.717, 1.165) is 11.0 Å². The molecule has 8 nitrogen and oxygen atoms in total. The fourth-order valence-corrected chi connectivity index (χ4v) is 2.53. The molecular weight excluding hydrogens is 310 g/mol. The van der Waals surface area contributed by atoms with E-state index < -0.39 is 0 Å². The van der Waals surface area contributed by atoms with E-state index >= 15 is 0 Å². The number of hydrogen-bond acceptors (Lipinski definition) is 5. The quantitative estimate of drug-likeness (QED) is 0.759. The first-order chi connectivity index (χ1) is 11.7. The van der Waals surface area contributed by atoms with E-state index in [9.17, 15) is 9.59 Å². The van der Waals surface area contributed by atoms with Crippen molar-refractivity contribution in [2.24, 2.45) is 0 Å². The Labute approximate surface area is 136 Å². The highest BCUT2D eigenvalue weighted by atomic mass is 16.5. The number of carbonyl (C=O) groups is 2. The molecule has 1 aliphatic heterocycles. The molecule has 120 valence electrons. The molecule has 4 rings (SSSR count). The Balaban J connectivity index is 1.50. The van der Waals surface area contributed by atoms with Gasteiger partial charge in [-0.05, 0) is 30.3 Å². The molecule has 0 bridgehead atoms. The van der Waals surface area contributed by atoms with Crippen molar-refractivity contribution in [2.45, 2.75) is 6.54 Å². The third kappa shape index (κ3) is 2.65. The predicted molar refractivity (Wildman–Crippen MR) is 86.7 cm³/mol. The van der Waals surface area contributed by atoms with Gasteiger partial charge in [-0.2, -0.15) is 0 Å². The molecule has 1 aromatic heterocycles. The van der Waals surface area contributed by atoms with Crippen LogP contribution in [0.5, 0.6) is 5.75 Å². The summed E-state index contributed by atoms with van der Waals surface area (Å²) in [6.07, 6.45) is 0. The van der Waals surface area contributed by atoms with Crippen LogP contribution in [0.1, 0.15) is 0 Å². The number of nitrogens with one attached hydrogen (secondary N) is 2. The molecule has 1 aliphatic rings. The summed E-state index contributed by atoms with van der Waals surface area (Å²) in [5.74, 6) is 0.114. The molecule has 2 heterocycles. The molecule has 2 N–H and O–H groups in total. The van der Waals surface area contributed by atoms with E-state index in [1.807, 2.05) is 24.3 Å². The number of nitrogens with zero attached hydrogens (tertiary/aromatic N) is 3. The smallest absolute Gasteiger partial charge is 0.262 e. The normalized spacial score (nSPS) is 13.1. The van der Waals surface area contributed by atoms with Crippen LogP contribution in [0.2, 0.25) is 0 Å². The number of para-hydroxylation sites is 1. The zero-order chi connectivity index (χ0) is 16.5. The van der Waals surface area contributed by atoms with Gasteiger partial charge in [-0.15, -0.1) is 5.10 Å². The molecule has 0 atom stereocenters. The van der Waals surface area contributed by atoms with Gasteiger partial charge in [0, 0.05) is 5.69 Å². The van der Waals surface area contributed by atoms with Crippen molar-refractivity contribution in [3.05, 3.63) is 42.5 Å². The number of hydrogen-bond donors (Lipinski definition) is 2. The SMILES string of the molecule is O=C(Cn1nnc2ccccc21)Nc1ccc2c(c1)NC(=O)CO2. The minimum absolute atomic E-state index is 0.00191. The van der Waals surface area contributed by atoms with Crippen LogP contribution in [0.4, 0.5) is 11.4 Å². The molecule has 0 spiro atoms. The van der Waals surface area contributed by atoms with E-state index in [1.165, 1.54) is 4.68 Å². The zero-order valence-electron chi connectivity index (χ0n) is 12.5. The van der Waals surface area contributed by atoms with E-state index in [1.54, 1.807) is 18.2 Å². The monoisotopic (exact) mass is 323 g/mol. The Kier molecular flexibility index (Phi) is 3.34. The number of anilines is 2. The summed E-state index contributed by atoms with van der Waals surface area (Å²) >= 11 is 0. The number of benzene rings is 2. The van der Waals surface area contributed by atoms with Gasteiger partial charge in [-0.25, -0.2) is 4.68 Å². The van der Waals surface area contributed by atoms with Gasteiger partial charge in [-0.1, -0.05) is 17.3 Å². The number of rotatable bonds is 3. The molecule has 0 aliphatic carbocycles. The highest BCUT2D eigenvalue weighted by molar-refractivity contribution is 5.97. The molecule has 0 radical (unpaired) electrons. The minimum atomic E-state index is -0.242. The van der Waals surface area contributed by atoms with Gasteiger partial charge in [0.05, 0.1) is 11.2 Å². The first kappa shape index (κ1) is 14.2. The summed E-state index contributed by atoms with van der Waals surface area (Å²) in [4.78, 5) is 23.6. The van der Waals surface area contributed by atoms with E-state index in [-0.39, 0.29) is 25.0 Å². The second-order valence-electron chi connectivity index (χ2n) is 5.33. The maximum Gasteiger partial charge on any atom is 0.262 e. The van der Waals surface area contributed by atoms with Gasteiger partial charge in [0.1, 0.15) is 17.8 Å². The highest BCUT2D eigenvalue weighted by Crippen LogP contribution is 2.30. The minimum Gasteiger partial charge on any atom is -0.482 e. The maximum absolute atomic E-state index is 12.2. The topological polar surface area (TPSA) is 98.1 Å². The molecule has 3 aromatic rings. The Morgan fingerprint density at radius 3 is 3.08 bits per heavy atom. The second kappa shape index (κ2) is 5.65. The molecule has 0 fully saturated rings. The number of amides is 2. The summed E-state index contributed by atoms with van der Waals surface area (Å²) in [6.45, 7) is 0.0402. The van der Waals surface area contributed by atoms with Crippen molar-refractivity contribution in [3.8, 4) is 5.75 Å². The lowest BCUT2D eigenvalue weighted by Gasteiger charge is -2.18. The fraction of sp³-hybridized carbons (Fsp3) is 0.125. The van der Waals surface area contributed by atoms with Gasteiger partial charge >= 0.3 is 0 Å². The Morgan fingerprint density at radius 1 is 1.29 bits per heavy atom. The maximum atomic E-state index is 12.2. The number of carbonyl (C=O) groups excluding carboxylic acids is 2. The van der Waals surface area contributed by atoms with Gasteiger partial charge in [0.25, 0.3) is 5.91 Å². The number of aromatic nitrogens is 3. The Hall–Kier alpha value is -3.42. The van der Waals surface area contributed by atoms with Gasteiger partial charge in [-0.3, -0.25) is 9.59 Å². The van der Waals surface area contributed by atoms with Crippen molar-refractivity contribution in [2.75, 3.05) is 17.2 Å². The molecule has 24 heavy (non-hydrogen) atoms. The second-order valence-corrected chi connectivity index (χ2v) is 5.33. The average molecular weight is 323 g/mol. The van der Waals surface area contributed by atoms with Crippen LogP contribution in [0.25, 0.3) is 11.0 Å². The molecule has 2 amide bonds. The van der Waals surface area contributed by atoms with Crippen molar-refractivity contribution in [3.63, 3.8) is 0 Å². The van der Waals surface area contributed by atoms with Crippen LogP contribution in [0, 0.1) is 0 Å². The first-order valence-corrected chi connectivity index (χ1v) is 7.34. The zero-order valence-corrected chi connectivity index (χ0v) is 12.5. The van der Waals surface area contributed by atoms with Gasteiger partial charge in [0.15, 0.2) is 6.61 Å². The molecule has 0 unspecified atom stereocenters. The molecule has 0 saturated carbocycles. The predicted octanol–water partition coefficient (Wildman–Crippen LogP) is 1.40. The summed E-state index contributed by atoms with van der Waals surface area (Å²) in [7, 11) is 0. The third-order valence-corrected chi connectivity index (χ3v) is 3.61. The summed E-state index contributed by atoms with van der Waals surface area (Å²) in [6, 6.07) is 12.5. The lowest BCUT2D eigenvalue weighted by molar-refractivity contribution is -0.118. The van der Waals surface area contributed by atoms with Crippen LogP contribution >= 0.6 is 0 Å². The third-order valence-electron chi connectivity index (χ3n) is 3.61.